The Morgan fingerprint density at radius 3 is 2.52 bits per heavy atom. The third-order valence-corrected chi connectivity index (χ3v) is 4.72. The van der Waals surface area contributed by atoms with E-state index in [2.05, 4.69) is 10.6 Å². The second kappa shape index (κ2) is 9.62. The standard InChI is InChI=1S/C17H17F3N2OS2/c18-17(19,20)25-15-8-4-7-14(11-15)22-16(23)21-9-10-24-12-13-5-2-1-3-6-13/h1-8,11H,9-10,12H2,(H2,21,22,23). The first-order valence-corrected chi connectivity index (χ1v) is 9.42. The molecule has 134 valence electrons. The number of rotatable bonds is 7. The molecular formula is C17H17F3N2OS2. The van der Waals surface area contributed by atoms with E-state index < -0.39 is 11.5 Å². The third kappa shape index (κ3) is 8.22. The molecule has 0 aliphatic rings. The fourth-order valence-electron chi connectivity index (χ4n) is 1.95. The average Bonchev–Trinajstić information content (AvgIpc) is 2.54. The zero-order valence-corrected chi connectivity index (χ0v) is 14.8. The summed E-state index contributed by atoms with van der Waals surface area (Å²) >= 11 is 1.48. The van der Waals surface area contributed by atoms with E-state index in [4.69, 9.17) is 0 Å². The molecule has 0 saturated carbocycles. The number of anilines is 1. The quantitative estimate of drug-likeness (QED) is 0.498. The van der Waals surface area contributed by atoms with Crippen molar-refractivity contribution in [1.29, 1.82) is 0 Å². The highest BCUT2D eigenvalue weighted by Gasteiger charge is 2.29. The van der Waals surface area contributed by atoms with Crippen LogP contribution in [0.3, 0.4) is 0 Å². The number of hydrogen-bond acceptors (Lipinski definition) is 3. The maximum Gasteiger partial charge on any atom is 0.446 e. The minimum Gasteiger partial charge on any atom is -0.337 e. The van der Waals surface area contributed by atoms with Gasteiger partial charge in [0.1, 0.15) is 0 Å². The van der Waals surface area contributed by atoms with E-state index in [1.165, 1.54) is 23.8 Å². The van der Waals surface area contributed by atoms with Gasteiger partial charge in [0.25, 0.3) is 0 Å². The van der Waals surface area contributed by atoms with Crippen LogP contribution in [0.4, 0.5) is 23.7 Å². The highest BCUT2D eigenvalue weighted by molar-refractivity contribution is 8.00. The summed E-state index contributed by atoms with van der Waals surface area (Å²) in [6, 6.07) is 15.2. The maximum absolute atomic E-state index is 12.4. The molecule has 3 nitrogen and oxygen atoms in total. The van der Waals surface area contributed by atoms with Crippen LogP contribution in [0.5, 0.6) is 0 Å². The molecule has 0 unspecified atom stereocenters. The molecule has 2 aromatic rings. The van der Waals surface area contributed by atoms with E-state index in [-0.39, 0.29) is 16.7 Å². The molecule has 0 aliphatic heterocycles. The SMILES string of the molecule is O=C(NCCSCc1ccccc1)Nc1cccc(SC(F)(F)F)c1. The van der Waals surface area contributed by atoms with Crippen LogP contribution in [0, 0.1) is 0 Å². The van der Waals surface area contributed by atoms with Gasteiger partial charge in [0, 0.05) is 28.6 Å². The lowest BCUT2D eigenvalue weighted by Gasteiger charge is -2.10. The Morgan fingerprint density at radius 2 is 1.80 bits per heavy atom. The lowest BCUT2D eigenvalue weighted by atomic mass is 10.2. The van der Waals surface area contributed by atoms with Crippen molar-refractivity contribution in [2.45, 2.75) is 16.2 Å². The zero-order valence-electron chi connectivity index (χ0n) is 13.2. The molecule has 0 fully saturated rings. The van der Waals surface area contributed by atoms with Gasteiger partial charge in [-0.05, 0) is 35.5 Å². The lowest BCUT2D eigenvalue weighted by Crippen LogP contribution is -2.30. The fourth-order valence-corrected chi connectivity index (χ4v) is 3.37. The van der Waals surface area contributed by atoms with Crippen LogP contribution in [-0.2, 0) is 5.75 Å². The Hall–Kier alpha value is -1.80. The molecule has 8 heteroatoms. The van der Waals surface area contributed by atoms with E-state index in [0.29, 0.717) is 12.2 Å². The Kier molecular flexibility index (Phi) is 7.52. The van der Waals surface area contributed by atoms with Crippen molar-refractivity contribution in [3.8, 4) is 0 Å². The minimum absolute atomic E-state index is 0.0312. The normalized spacial score (nSPS) is 11.2. The molecule has 25 heavy (non-hydrogen) atoms. The zero-order chi connectivity index (χ0) is 18.1. The Bertz CT molecular complexity index is 681. The summed E-state index contributed by atoms with van der Waals surface area (Å²) in [5, 5.41) is 5.22. The molecule has 0 atom stereocenters. The van der Waals surface area contributed by atoms with Crippen molar-refractivity contribution in [3.05, 3.63) is 60.2 Å². The summed E-state index contributed by atoms with van der Waals surface area (Å²) in [6.45, 7) is 0.473. The van der Waals surface area contributed by atoms with Crippen LogP contribution < -0.4 is 10.6 Å². The summed E-state index contributed by atoms with van der Waals surface area (Å²) in [5.74, 6) is 1.60. The van der Waals surface area contributed by atoms with Gasteiger partial charge in [-0.2, -0.15) is 24.9 Å². The number of halogens is 3. The van der Waals surface area contributed by atoms with Crippen molar-refractivity contribution in [3.63, 3.8) is 0 Å². The average molecular weight is 386 g/mol. The van der Waals surface area contributed by atoms with E-state index in [1.807, 2.05) is 30.3 Å². The van der Waals surface area contributed by atoms with Gasteiger partial charge in [-0.15, -0.1) is 0 Å². The molecule has 0 aromatic heterocycles. The summed E-state index contributed by atoms with van der Waals surface area (Å²) in [7, 11) is 0. The predicted molar refractivity (Wildman–Crippen MR) is 98.0 cm³/mol. The Morgan fingerprint density at radius 1 is 1.04 bits per heavy atom. The van der Waals surface area contributed by atoms with Crippen LogP contribution in [0.25, 0.3) is 0 Å². The summed E-state index contributed by atoms with van der Waals surface area (Å²) in [4.78, 5) is 11.8. The molecule has 0 bridgehead atoms. The van der Waals surface area contributed by atoms with E-state index >= 15 is 0 Å². The summed E-state index contributed by atoms with van der Waals surface area (Å²) in [5.41, 5.74) is -2.81. The molecule has 0 saturated heterocycles. The van der Waals surface area contributed by atoms with Crippen molar-refractivity contribution < 1.29 is 18.0 Å². The van der Waals surface area contributed by atoms with Gasteiger partial charge in [0.2, 0.25) is 0 Å². The number of carbonyl (C=O) groups is 1. The number of hydrogen-bond donors (Lipinski definition) is 2. The second-order valence-electron chi connectivity index (χ2n) is 4.99. The highest BCUT2D eigenvalue weighted by Crippen LogP contribution is 2.37. The van der Waals surface area contributed by atoms with Crippen molar-refractivity contribution in [2.24, 2.45) is 0 Å². The smallest absolute Gasteiger partial charge is 0.337 e. The van der Waals surface area contributed by atoms with Crippen LogP contribution in [0.1, 0.15) is 5.56 Å². The Balaban J connectivity index is 1.69. The molecule has 2 rings (SSSR count). The summed E-state index contributed by atoms with van der Waals surface area (Å²) < 4.78 is 37.1. The van der Waals surface area contributed by atoms with E-state index in [0.717, 1.165) is 11.5 Å². The number of nitrogens with one attached hydrogen (secondary N) is 2. The Labute approximate surface area is 152 Å². The molecule has 2 N–H and O–H groups in total. The first-order chi connectivity index (χ1) is 11.9. The first-order valence-electron chi connectivity index (χ1n) is 7.45. The van der Waals surface area contributed by atoms with E-state index in [9.17, 15) is 18.0 Å². The maximum atomic E-state index is 12.4. The molecular weight excluding hydrogens is 369 g/mol. The molecule has 0 aliphatic carbocycles. The van der Waals surface area contributed by atoms with Crippen molar-refractivity contribution >= 4 is 35.2 Å². The van der Waals surface area contributed by atoms with Gasteiger partial charge in [0.15, 0.2) is 0 Å². The molecule has 0 heterocycles. The largest absolute Gasteiger partial charge is 0.446 e. The fraction of sp³-hybridized carbons (Fsp3) is 0.235. The lowest BCUT2D eigenvalue weighted by molar-refractivity contribution is -0.0328. The summed E-state index contributed by atoms with van der Waals surface area (Å²) in [6.07, 6.45) is 0. The highest BCUT2D eigenvalue weighted by atomic mass is 32.2. The second-order valence-corrected chi connectivity index (χ2v) is 7.24. The number of carbonyl (C=O) groups excluding carboxylic acids is 1. The number of benzene rings is 2. The van der Waals surface area contributed by atoms with Gasteiger partial charge >= 0.3 is 11.5 Å². The van der Waals surface area contributed by atoms with Gasteiger partial charge < -0.3 is 10.6 Å². The van der Waals surface area contributed by atoms with Crippen LogP contribution >= 0.6 is 23.5 Å². The first kappa shape index (κ1) is 19.5. The van der Waals surface area contributed by atoms with Crippen LogP contribution in [0.15, 0.2) is 59.5 Å². The van der Waals surface area contributed by atoms with Gasteiger partial charge in [0.05, 0.1) is 0 Å². The van der Waals surface area contributed by atoms with Gasteiger partial charge in [-0.25, -0.2) is 4.79 Å². The molecule has 0 radical (unpaired) electrons. The third-order valence-electron chi connectivity index (χ3n) is 2.97. The number of amides is 2. The molecule has 2 amide bonds. The van der Waals surface area contributed by atoms with Crippen LogP contribution in [-0.4, -0.2) is 23.8 Å². The minimum atomic E-state index is -4.35. The molecule has 0 spiro atoms. The van der Waals surface area contributed by atoms with E-state index in [1.54, 1.807) is 17.8 Å². The van der Waals surface area contributed by atoms with Crippen molar-refractivity contribution in [2.75, 3.05) is 17.6 Å². The van der Waals surface area contributed by atoms with Crippen LogP contribution in [0.2, 0.25) is 0 Å². The van der Waals surface area contributed by atoms with Crippen molar-refractivity contribution in [1.82, 2.24) is 5.32 Å². The number of urea groups is 1. The van der Waals surface area contributed by atoms with Gasteiger partial charge in [-0.3, -0.25) is 0 Å². The topological polar surface area (TPSA) is 41.1 Å². The monoisotopic (exact) mass is 386 g/mol. The number of alkyl halides is 3. The number of thioether (sulfide) groups is 2. The molecule has 2 aromatic carbocycles. The predicted octanol–water partition coefficient (Wildman–Crippen LogP) is 5.35. The van der Waals surface area contributed by atoms with Gasteiger partial charge in [-0.1, -0.05) is 36.4 Å².